The molecule has 3 rings (SSSR count). The standard InChI is InChI=1S/C25H33NO6/c1-5-6-18-13-22(27)31-21-14-19(11-12-20(18)21)30-23(28)17-9-7-16(8-10-17)15-26-24(29)32-25(2,3)4/h11-14,16-17H,5-10,15H2,1-4H3,(H,26,29). The first-order valence-corrected chi connectivity index (χ1v) is 11.4. The number of carbonyl (C=O) groups is 2. The second kappa shape index (κ2) is 10.2. The number of nitrogens with one attached hydrogen (secondary N) is 1. The van der Waals surface area contributed by atoms with E-state index in [0.29, 0.717) is 36.6 Å². The zero-order valence-electron chi connectivity index (χ0n) is 19.4. The number of benzene rings is 1. The molecule has 1 N–H and O–H groups in total. The van der Waals surface area contributed by atoms with Crippen molar-refractivity contribution in [1.29, 1.82) is 0 Å². The van der Waals surface area contributed by atoms with Gasteiger partial charge in [0, 0.05) is 24.1 Å². The van der Waals surface area contributed by atoms with Crippen LogP contribution in [0.3, 0.4) is 0 Å². The number of aryl methyl sites for hydroxylation is 1. The predicted octanol–water partition coefficient (Wildman–Crippen LogP) is 4.98. The van der Waals surface area contributed by atoms with Gasteiger partial charge >= 0.3 is 17.7 Å². The molecule has 1 aromatic heterocycles. The van der Waals surface area contributed by atoms with Crippen molar-refractivity contribution >= 4 is 23.0 Å². The highest BCUT2D eigenvalue weighted by molar-refractivity contribution is 5.83. The number of ether oxygens (including phenoxy) is 2. The third kappa shape index (κ3) is 6.58. The molecular formula is C25H33NO6. The largest absolute Gasteiger partial charge is 0.444 e. The molecule has 0 spiro atoms. The van der Waals surface area contributed by atoms with E-state index in [1.165, 1.54) is 6.07 Å². The first-order chi connectivity index (χ1) is 15.1. The molecule has 1 amide bonds. The summed E-state index contributed by atoms with van der Waals surface area (Å²) >= 11 is 0. The lowest BCUT2D eigenvalue weighted by molar-refractivity contribution is -0.140. The Kier molecular flexibility index (Phi) is 7.59. The third-order valence-electron chi connectivity index (χ3n) is 5.65. The number of alkyl carbamates (subject to hydrolysis) is 1. The van der Waals surface area contributed by atoms with Gasteiger partial charge in [-0.05, 0) is 76.5 Å². The van der Waals surface area contributed by atoms with Gasteiger partial charge < -0.3 is 19.2 Å². The van der Waals surface area contributed by atoms with Gasteiger partial charge in [0.1, 0.15) is 16.9 Å². The zero-order chi connectivity index (χ0) is 23.3. The summed E-state index contributed by atoms with van der Waals surface area (Å²) in [6, 6.07) is 6.72. The molecule has 32 heavy (non-hydrogen) atoms. The first-order valence-electron chi connectivity index (χ1n) is 11.4. The van der Waals surface area contributed by atoms with Crippen LogP contribution in [0.25, 0.3) is 11.0 Å². The summed E-state index contributed by atoms with van der Waals surface area (Å²) in [5.41, 5.74) is 0.454. The summed E-state index contributed by atoms with van der Waals surface area (Å²) in [5.74, 6) is 0.253. The van der Waals surface area contributed by atoms with Crippen molar-refractivity contribution in [3.63, 3.8) is 0 Å². The molecule has 1 aliphatic carbocycles. The summed E-state index contributed by atoms with van der Waals surface area (Å²) in [4.78, 5) is 36.3. The van der Waals surface area contributed by atoms with Gasteiger partial charge in [-0.15, -0.1) is 0 Å². The van der Waals surface area contributed by atoms with Gasteiger partial charge in [-0.1, -0.05) is 13.3 Å². The topological polar surface area (TPSA) is 94.8 Å². The Morgan fingerprint density at radius 2 is 1.84 bits per heavy atom. The molecule has 0 unspecified atom stereocenters. The maximum Gasteiger partial charge on any atom is 0.407 e. The summed E-state index contributed by atoms with van der Waals surface area (Å²) < 4.78 is 16.2. The van der Waals surface area contributed by atoms with E-state index in [9.17, 15) is 14.4 Å². The molecule has 0 radical (unpaired) electrons. The monoisotopic (exact) mass is 443 g/mol. The van der Waals surface area contributed by atoms with Crippen molar-refractivity contribution < 1.29 is 23.5 Å². The maximum atomic E-state index is 12.7. The van der Waals surface area contributed by atoms with E-state index >= 15 is 0 Å². The SMILES string of the molecule is CCCc1cc(=O)oc2cc(OC(=O)C3CCC(CNC(=O)OC(C)(C)C)CC3)ccc12. The van der Waals surface area contributed by atoms with Crippen LogP contribution >= 0.6 is 0 Å². The third-order valence-corrected chi connectivity index (χ3v) is 5.65. The lowest BCUT2D eigenvalue weighted by Crippen LogP contribution is -2.36. The number of rotatable bonds is 6. The molecule has 174 valence electrons. The lowest BCUT2D eigenvalue weighted by Gasteiger charge is -2.28. The number of fused-ring (bicyclic) bond motifs is 1. The zero-order valence-corrected chi connectivity index (χ0v) is 19.4. The van der Waals surface area contributed by atoms with Crippen molar-refractivity contribution in [2.45, 2.75) is 71.8 Å². The fourth-order valence-electron chi connectivity index (χ4n) is 4.09. The summed E-state index contributed by atoms with van der Waals surface area (Å²) in [6.45, 7) is 8.09. The molecule has 2 aromatic rings. The Hall–Kier alpha value is -2.83. The minimum absolute atomic E-state index is 0.179. The molecule has 0 aliphatic heterocycles. The van der Waals surface area contributed by atoms with Crippen LogP contribution in [-0.4, -0.2) is 24.2 Å². The lowest BCUT2D eigenvalue weighted by atomic mass is 9.82. The molecule has 0 saturated heterocycles. The average Bonchev–Trinajstić information content (AvgIpc) is 2.71. The smallest absolute Gasteiger partial charge is 0.407 e. The van der Waals surface area contributed by atoms with Crippen LogP contribution in [0, 0.1) is 11.8 Å². The molecule has 7 heteroatoms. The van der Waals surface area contributed by atoms with Gasteiger partial charge in [0.25, 0.3) is 0 Å². The Morgan fingerprint density at radius 3 is 2.50 bits per heavy atom. The molecular weight excluding hydrogens is 410 g/mol. The first kappa shape index (κ1) is 23.8. The van der Waals surface area contributed by atoms with E-state index in [1.54, 1.807) is 12.1 Å². The average molecular weight is 444 g/mol. The summed E-state index contributed by atoms with van der Waals surface area (Å²) in [5, 5.41) is 3.68. The summed E-state index contributed by atoms with van der Waals surface area (Å²) in [7, 11) is 0. The molecule has 1 aliphatic rings. The molecule has 1 aromatic carbocycles. The van der Waals surface area contributed by atoms with Gasteiger partial charge in [0.2, 0.25) is 0 Å². The molecule has 0 bridgehead atoms. The van der Waals surface area contributed by atoms with Crippen LogP contribution in [-0.2, 0) is 16.0 Å². The van der Waals surface area contributed by atoms with Gasteiger partial charge in [-0.25, -0.2) is 9.59 Å². The fraction of sp³-hybridized carbons (Fsp3) is 0.560. The van der Waals surface area contributed by atoms with Gasteiger partial charge in [0.15, 0.2) is 0 Å². The van der Waals surface area contributed by atoms with E-state index in [2.05, 4.69) is 12.2 Å². The van der Waals surface area contributed by atoms with E-state index < -0.39 is 17.3 Å². The number of esters is 1. The van der Waals surface area contributed by atoms with E-state index in [-0.39, 0.29) is 11.9 Å². The molecule has 1 fully saturated rings. The van der Waals surface area contributed by atoms with Crippen molar-refractivity contribution in [3.05, 3.63) is 40.2 Å². The van der Waals surface area contributed by atoms with Crippen LogP contribution in [0.5, 0.6) is 5.75 Å². The Balaban J connectivity index is 1.53. The number of hydrogen-bond acceptors (Lipinski definition) is 6. The quantitative estimate of drug-likeness (QED) is 0.384. The highest BCUT2D eigenvalue weighted by atomic mass is 16.6. The number of carbonyl (C=O) groups excluding carboxylic acids is 2. The van der Waals surface area contributed by atoms with Gasteiger partial charge in [-0.3, -0.25) is 4.79 Å². The normalized spacial score (nSPS) is 18.9. The van der Waals surface area contributed by atoms with Crippen LogP contribution in [0.4, 0.5) is 4.79 Å². The van der Waals surface area contributed by atoms with E-state index in [4.69, 9.17) is 13.9 Å². The predicted molar refractivity (Wildman–Crippen MR) is 122 cm³/mol. The van der Waals surface area contributed by atoms with Crippen molar-refractivity contribution in [3.8, 4) is 5.75 Å². The van der Waals surface area contributed by atoms with Crippen molar-refractivity contribution in [1.82, 2.24) is 5.32 Å². The van der Waals surface area contributed by atoms with Crippen LogP contribution in [0.15, 0.2) is 33.5 Å². The number of amides is 1. The molecule has 0 atom stereocenters. The molecule has 1 heterocycles. The second-order valence-corrected chi connectivity index (χ2v) is 9.52. The Labute approximate surface area is 188 Å². The number of hydrogen-bond donors (Lipinski definition) is 1. The summed E-state index contributed by atoms with van der Waals surface area (Å²) in [6.07, 6.45) is 4.39. The van der Waals surface area contributed by atoms with Crippen LogP contribution in [0.2, 0.25) is 0 Å². The van der Waals surface area contributed by atoms with Crippen LogP contribution in [0.1, 0.15) is 65.4 Å². The van der Waals surface area contributed by atoms with Gasteiger partial charge in [0.05, 0.1) is 5.92 Å². The van der Waals surface area contributed by atoms with Gasteiger partial charge in [-0.2, -0.15) is 0 Å². The Bertz CT molecular complexity index is 1010. The molecule has 1 saturated carbocycles. The fourth-order valence-corrected chi connectivity index (χ4v) is 4.09. The maximum absolute atomic E-state index is 12.7. The van der Waals surface area contributed by atoms with E-state index in [1.807, 2.05) is 26.8 Å². The highest BCUT2D eigenvalue weighted by Crippen LogP contribution is 2.31. The highest BCUT2D eigenvalue weighted by Gasteiger charge is 2.28. The van der Waals surface area contributed by atoms with Crippen LogP contribution < -0.4 is 15.7 Å². The Morgan fingerprint density at radius 1 is 1.12 bits per heavy atom. The van der Waals surface area contributed by atoms with Crippen molar-refractivity contribution in [2.75, 3.05) is 6.54 Å². The minimum atomic E-state index is -0.519. The minimum Gasteiger partial charge on any atom is -0.444 e. The molecule has 7 nitrogen and oxygen atoms in total. The van der Waals surface area contributed by atoms with E-state index in [0.717, 1.165) is 36.6 Å². The second-order valence-electron chi connectivity index (χ2n) is 9.52. The van der Waals surface area contributed by atoms with Crippen molar-refractivity contribution in [2.24, 2.45) is 11.8 Å².